The van der Waals surface area contributed by atoms with Gasteiger partial charge in [0.1, 0.15) is 0 Å². The van der Waals surface area contributed by atoms with Crippen LogP contribution < -0.4 is 4.72 Å². The molecule has 1 aromatic carbocycles. The molecule has 7 heteroatoms. The first-order chi connectivity index (χ1) is 7.74. The summed E-state index contributed by atoms with van der Waals surface area (Å²) in [6.07, 6.45) is 0. The lowest BCUT2D eigenvalue weighted by Crippen LogP contribution is -2.37. The molecule has 0 aliphatic carbocycles. The van der Waals surface area contributed by atoms with Gasteiger partial charge in [-0.1, -0.05) is 29.3 Å². The van der Waals surface area contributed by atoms with Gasteiger partial charge >= 0.3 is 0 Å². The predicted octanol–water partition coefficient (Wildman–Crippen LogP) is 2.45. The van der Waals surface area contributed by atoms with Gasteiger partial charge in [-0.15, -0.1) is 0 Å². The second kappa shape index (κ2) is 5.54. The maximum Gasteiger partial charge on any atom is 0.279 e. The van der Waals surface area contributed by atoms with Crippen molar-refractivity contribution in [3.8, 4) is 0 Å². The van der Waals surface area contributed by atoms with E-state index in [-0.39, 0.29) is 0 Å². The largest absolute Gasteiger partial charge is 0.279 e. The molecular formula is C10H14Cl2N2O2S. The quantitative estimate of drug-likeness (QED) is 0.928. The summed E-state index contributed by atoms with van der Waals surface area (Å²) in [6, 6.07) is 4.53. The Hall–Kier alpha value is -0.330. The van der Waals surface area contributed by atoms with Crippen molar-refractivity contribution in [3.05, 3.63) is 33.8 Å². The molecule has 96 valence electrons. The van der Waals surface area contributed by atoms with E-state index in [4.69, 9.17) is 23.2 Å². The Morgan fingerprint density at radius 3 is 2.35 bits per heavy atom. The van der Waals surface area contributed by atoms with Crippen molar-refractivity contribution in [2.24, 2.45) is 0 Å². The maximum atomic E-state index is 11.6. The molecule has 1 N–H and O–H groups in total. The van der Waals surface area contributed by atoms with Crippen molar-refractivity contribution in [1.82, 2.24) is 9.03 Å². The molecule has 1 atom stereocenters. The van der Waals surface area contributed by atoms with Crippen LogP contribution in [0.5, 0.6) is 0 Å². The normalized spacial score (nSPS) is 14.0. The number of hydrogen-bond donors (Lipinski definition) is 1. The summed E-state index contributed by atoms with van der Waals surface area (Å²) >= 11 is 11.8. The van der Waals surface area contributed by atoms with Gasteiger partial charge in [0.05, 0.1) is 0 Å². The van der Waals surface area contributed by atoms with E-state index in [1.54, 1.807) is 25.1 Å². The second-order valence-electron chi connectivity index (χ2n) is 3.79. The van der Waals surface area contributed by atoms with Crippen molar-refractivity contribution in [2.45, 2.75) is 13.0 Å². The molecule has 1 unspecified atom stereocenters. The van der Waals surface area contributed by atoms with E-state index in [1.165, 1.54) is 14.1 Å². The SMILES string of the molecule is CC(NS(=O)(=O)N(C)C)c1ccc(Cl)cc1Cl. The van der Waals surface area contributed by atoms with Gasteiger partial charge in [-0.2, -0.15) is 17.4 Å². The highest BCUT2D eigenvalue weighted by molar-refractivity contribution is 7.87. The van der Waals surface area contributed by atoms with Gasteiger partial charge in [0, 0.05) is 30.2 Å². The van der Waals surface area contributed by atoms with Crippen LogP contribution in [-0.4, -0.2) is 26.8 Å². The number of nitrogens with one attached hydrogen (secondary N) is 1. The molecule has 1 aromatic rings. The van der Waals surface area contributed by atoms with E-state index < -0.39 is 16.3 Å². The molecule has 0 heterocycles. The highest BCUT2D eigenvalue weighted by atomic mass is 35.5. The monoisotopic (exact) mass is 296 g/mol. The van der Waals surface area contributed by atoms with Crippen LogP contribution in [0.1, 0.15) is 18.5 Å². The van der Waals surface area contributed by atoms with E-state index in [0.717, 1.165) is 4.31 Å². The average Bonchev–Trinajstić information content (AvgIpc) is 2.15. The van der Waals surface area contributed by atoms with Crippen LogP contribution in [0.4, 0.5) is 0 Å². The van der Waals surface area contributed by atoms with Gasteiger partial charge in [0.25, 0.3) is 10.2 Å². The first-order valence-corrected chi connectivity index (χ1v) is 7.08. The van der Waals surface area contributed by atoms with Crippen LogP contribution in [0.3, 0.4) is 0 Å². The minimum absolute atomic E-state index is 0.424. The third-order valence-electron chi connectivity index (χ3n) is 2.24. The molecule has 4 nitrogen and oxygen atoms in total. The van der Waals surface area contributed by atoms with Crippen molar-refractivity contribution >= 4 is 33.4 Å². The Bertz CT molecular complexity index is 503. The fraction of sp³-hybridized carbons (Fsp3) is 0.400. The van der Waals surface area contributed by atoms with Crippen molar-refractivity contribution in [1.29, 1.82) is 0 Å². The lowest BCUT2D eigenvalue weighted by molar-refractivity contribution is 0.494. The molecule has 0 amide bonds. The Balaban J connectivity index is 2.95. The lowest BCUT2D eigenvalue weighted by Gasteiger charge is -2.19. The molecule has 0 fully saturated rings. The molecular weight excluding hydrogens is 283 g/mol. The molecule has 0 radical (unpaired) electrons. The fourth-order valence-electron chi connectivity index (χ4n) is 1.24. The molecule has 0 bridgehead atoms. The highest BCUT2D eigenvalue weighted by Gasteiger charge is 2.19. The minimum Gasteiger partial charge on any atom is -0.195 e. The molecule has 0 saturated carbocycles. The smallest absolute Gasteiger partial charge is 0.195 e. The van der Waals surface area contributed by atoms with E-state index in [0.29, 0.717) is 15.6 Å². The lowest BCUT2D eigenvalue weighted by atomic mass is 10.1. The topological polar surface area (TPSA) is 49.4 Å². The van der Waals surface area contributed by atoms with Gasteiger partial charge in [-0.25, -0.2) is 0 Å². The van der Waals surface area contributed by atoms with Crippen molar-refractivity contribution in [3.63, 3.8) is 0 Å². The summed E-state index contributed by atoms with van der Waals surface area (Å²) in [6.45, 7) is 1.72. The Kier molecular flexibility index (Phi) is 4.80. The Morgan fingerprint density at radius 2 is 1.88 bits per heavy atom. The van der Waals surface area contributed by atoms with Gasteiger partial charge < -0.3 is 0 Å². The number of hydrogen-bond acceptors (Lipinski definition) is 2. The zero-order chi connectivity index (χ0) is 13.2. The van der Waals surface area contributed by atoms with Crippen LogP contribution in [0, 0.1) is 0 Å². The van der Waals surface area contributed by atoms with Crippen LogP contribution in [-0.2, 0) is 10.2 Å². The summed E-state index contributed by atoms with van der Waals surface area (Å²) in [4.78, 5) is 0. The highest BCUT2D eigenvalue weighted by Crippen LogP contribution is 2.26. The molecule has 0 spiro atoms. The Morgan fingerprint density at radius 1 is 1.29 bits per heavy atom. The molecule has 0 aliphatic rings. The van der Waals surface area contributed by atoms with Gasteiger partial charge in [0.15, 0.2) is 0 Å². The minimum atomic E-state index is -3.48. The van der Waals surface area contributed by atoms with Crippen LogP contribution in [0.15, 0.2) is 18.2 Å². The zero-order valence-corrected chi connectivity index (χ0v) is 12.1. The summed E-state index contributed by atoms with van der Waals surface area (Å²) in [5.41, 5.74) is 0.682. The van der Waals surface area contributed by atoms with E-state index in [2.05, 4.69) is 4.72 Å². The van der Waals surface area contributed by atoms with Crippen molar-refractivity contribution in [2.75, 3.05) is 14.1 Å². The fourth-order valence-corrected chi connectivity index (χ4v) is 2.60. The standard InChI is InChI=1S/C10H14Cl2N2O2S/c1-7(13-17(15,16)14(2)3)9-5-4-8(11)6-10(9)12/h4-7,13H,1-3H3. The summed E-state index contributed by atoms with van der Waals surface area (Å²) < 4.78 is 26.9. The Labute approximate surface area is 112 Å². The summed E-state index contributed by atoms with van der Waals surface area (Å²) in [5, 5.41) is 0.952. The molecule has 0 aromatic heterocycles. The van der Waals surface area contributed by atoms with Crippen LogP contribution in [0.25, 0.3) is 0 Å². The van der Waals surface area contributed by atoms with E-state index in [9.17, 15) is 8.42 Å². The number of halogens is 2. The summed E-state index contributed by atoms with van der Waals surface area (Å²) in [5.74, 6) is 0. The number of nitrogens with zero attached hydrogens (tertiary/aromatic N) is 1. The van der Waals surface area contributed by atoms with Gasteiger partial charge in [-0.05, 0) is 24.6 Å². The number of rotatable bonds is 4. The van der Waals surface area contributed by atoms with E-state index >= 15 is 0 Å². The molecule has 17 heavy (non-hydrogen) atoms. The third kappa shape index (κ3) is 3.82. The van der Waals surface area contributed by atoms with Crippen LogP contribution in [0.2, 0.25) is 10.0 Å². The number of benzene rings is 1. The third-order valence-corrected chi connectivity index (χ3v) is 4.41. The first-order valence-electron chi connectivity index (χ1n) is 4.89. The van der Waals surface area contributed by atoms with Gasteiger partial charge in [0.2, 0.25) is 0 Å². The maximum absolute atomic E-state index is 11.6. The second-order valence-corrected chi connectivity index (χ2v) is 6.55. The average molecular weight is 297 g/mol. The zero-order valence-electron chi connectivity index (χ0n) is 9.74. The molecule has 1 rings (SSSR count). The van der Waals surface area contributed by atoms with Gasteiger partial charge in [-0.3, -0.25) is 0 Å². The van der Waals surface area contributed by atoms with E-state index in [1.807, 2.05) is 0 Å². The predicted molar refractivity (Wildman–Crippen MR) is 70.6 cm³/mol. The summed E-state index contributed by atoms with van der Waals surface area (Å²) in [7, 11) is -0.567. The molecule has 0 aliphatic heterocycles. The molecule has 0 saturated heterocycles. The van der Waals surface area contributed by atoms with Crippen LogP contribution >= 0.6 is 23.2 Å². The van der Waals surface area contributed by atoms with Crippen molar-refractivity contribution < 1.29 is 8.42 Å². The first kappa shape index (κ1) is 14.7.